The molecule has 0 radical (unpaired) electrons. The van der Waals surface area contributed by atoms with E-state index in [1.54, 1.807) is 6.92 Å². The number of sulfonamides is 1. The molecule has 3 N–H and O–H groups in total. The third-order valence-electron chi connectivity index (χ3n) is 1.05. The summed E-state index contributed by atoms with van der Waals surface area (Å²) in [5.41, 5.74) is 0. The van der Waals surface area contributed by atoms with E-state index in [0.717, 1.165) is 0 Å². The molecular formula is C5H11BrN2O3S. The van der Waals surface area contributed by atoms with Gasteiger partial charge in [0.25, 0.3) is 0 Å². The Balaban J connectivity index is 3.66. The van der Waals surface area contributed by atoms with Crippen molar-refractivity contribution in [2.45, 2.75) is 11.8 Å². The first kappa shape index (κ1) is 11.9. The lowest BCUT2D eigenvalue weighted by atomic mass is 10.4. The molecule has 0 aliphatic carbocycles. The predicted octanol–water partition coefficient (Wildman–Crippen LogP) is -0.825. The second kappa shape index (κ2) is 4.78. The number of alkyl halides is 1. The van der Waals surface area contributed by atoms with Crippen LogP contribution in [0.3, 0.4) is 0 Å². The number of primary sulfonamides is 1. The fourth-order valence-electron chi connectivity index (χ4n) is 0.457. The van der Waals surface area contributed by atoms with Crippen molar-refractivity contribution in [1.29, 1.82) is 0 Å². The van der Waals surface area contributed by atoms with Crippen LogP contribution in [0, 0.1) is 0 Å². The van der Waals surface area contributed by atoms with Gasteiger partial charge in [-0.25, -0.2) is 13.6 Å². The molecule has 0 saturated carbocycles. The number of amides is 1. The predicted molar refractivity (Wildman–Crippen MR) is 49.4 cm³/mol. The van der Waals surface area contributed by atoms with Crippen LogP contribution in [0.25, 0.3) is 0 Å². The van der Waals surface area contributed by atoms with Gasteiger partial charge in [-0.3, -0.25) is 4.79 Å². The zero-order valence-electron chi connectivity index (χ0n) is 6.58. The molecular weight excluding hydrogens is 248 g/mol. The van der Waals surface area contributed by atoms with E-state index in [4.69, 9.17) is 5.14 Å². The van der Waals surface area contributed by atoms with Gasteiger partial charge >= 0.3 is 0 Å². The Morgan fingerprint density at radius 2 is 2.17 bits per heavy atom. The highest BCUT2D eigenvalue weighted by Gasteiger charge is 2.08. The summed E-state index contributed by atoms with van der Waals surface area (Å²) < 4.78 is 20.8. The van der Waals surface area contributed by atoms with E-state index in [1.807, 2.05) is 0 Å². The van der Waals surface area contributed by atoms with Gasteiger partial charge < -0.3 is 5.32 Å². The minimum Gasteiger partial charge on any atom is -0.354 e. The molecule has 0 aromatic carbocycles. The highest BCUT2D eigenvalue weighted by Crippen LogP contribution is 1.95. The summed E-state index contributed by atoms with van der Waals surface area (Å²) in [6.45, 7) is 1.69. The number of nitrogens with one attached hydrogen (secondary N) is 1. The third kappa shape index (κ3) is 6.56. The lowest BCUT2D eigenvalue weighted by Gasteiger charge is -2.04. The number of carbonyl (C=O) groups is 1. The van der Waals surface area contributed by atoms with Crippen LogP contribution in [0.15, 0.2) is 0 Å². The van der Waals surface area contributed by atoms with Crippen molar-refractivity contribution in [3.63, 3.8) is 0 Å². The molecule has 1 atom stereocenters. The van der Waals surface area contributed by atoms with Gasteiger partial charge in [-0.1, -0.05) is 15.9 Å². The molecule has 5 nitrogen and oxygen atoms in total. The van der Waals surface area contributed by atoms with Crippen molar-refractivity contribution in [2.24, 2.45) is 5.14 Å². The Labute approximate surface area is 79.9 Å². The van der Waals surface area contributed by atoms with Crippen molar-refractivity contribution < 1.29 is 13.2 Å². The molecule has 7 heteroatoms. The molecule has 1 amide bonds. The van der Waals surface area contributed by atoms with Crippen LogP contribution in [0.5, 0.6) is 0 Å². The maximum Gasteiger partial charge on any atom is 0.233 e. The van der Waals surface area contributed by atoms with Crippen molar-refractivity contribution in [1.82, 2.24) is 5.32 Å². The van der Waals surface area contributed by atoms with E-state index >= 15 is 0 Å². The molecule has 0 spiro atoms. The molecule has 12 heavy (non-hydrogen) atoms. The van der Waals surface area contributed by atoms with E-state index in [9.17, 15) is 13.2 Å². The van der Waals surface area contributed by atoms with E-state index in [2.05, 4.69) is 21.2 Å². The van der Waals surface area contributed by atoms with Gasteiger partial charge in [0.2, 0.25) is 15.9 Å². The average molecular weight is 259 g/mol. The summed E-state index contributed by atoms with van der Waals surface area (Å²) in [5, 5.41) is 7.10. The minimum atomic E-state index is -3.48. The minimum absolute atomic E-state index is 0.0492. The Hall–Kier alpha value is -0.140. The number of hydrogen-bond acceptors (Lipinski definition) is 3. The van der Waals surface area contributed by atoms with Crippen LogP contribution < -0.4 is 10.5 Å². The quantitative estimate of drug-likeness (QED) is 0.646. The molecule has 0 bridgehead atoms. The van der Waals surface area contributed by atoms with Gasteiger partial charge in [-0.05, 0) is 6.92 Å². The molecule has 1 unspecified atom stereocenters. The molecule has 0 aliphatic rings. The van der Waals surface area contributed by atoms with Gasteiger partial charge in [-0.2, -0.15) is 0 Å². The van der Waals surface area contributed by atoms with E-state index in [0.29, 0.717) is 0 Å². The number of hydrogen-bond donors (Lipinski definition) is 2. The summed E-state index contributed by atoms with van der Waals surface area (Å²) >= 11 is 3.03. The third-order valence-corrected chi connectivity index (χ3v) is 2.24. The van der Waals surface area contributed by atoms with Crippen LogP contribution in [0.2, 0.25) is 0 Å². The van der Waals surface area contributed by atoms with Crippen LogP contribution in [-0.4, -0.2) is 31.4 Å². The monoisotopic (exact) mass is 258 g/mol. The fourth-order valence-corrected chi connectivity index (χ4v) is 1.01. The van der Waals surface area contributed by atoms with Gasteiger partial charge in [0, 0.05) is 6.54 Å². The van der Waals surface area contributed by atoms with Crippen molar-refractivity contribution in [3.05, 3.63) is 0 Å². The van der Waals surface area contributed by atoms with Crippen molar-refractivity contribution in [3.8, 4) is 0 Å². The molecule has 0 saturated heterocycles. The first-order chi connectivity index (χ1) is 5.33. The summed E-state index contributed by atoms with van der Waals surface area (Å²) in [6.07, 6.45) is 0. The molecule has 0 rings (SSSR count). The van der Waals surface area contributed by atoms with Crippen LogP contribution in [0.4, 0.5) is 0 Å². The fraction of sp³-hybridized carbons (Fsp3) is 0.800. The van der Waals surface area contributed by atoms with E-state index in [1.165, 1.54) is 0 Å². The second-order valence-electron chi connectivity index (χ2n) is 2.27. The summed E-state index contributed by atoms with van der Waals surface area (Å²) in [7, 11) is -3.48. The Bertz CT molecular complexity index is 249. The van der Waals surface area contributed by atoms with Crippen LogP contribution >= 0.6 is 15.9 Å². The van der Waals surface area contributed by atoms with Gasteiger partial charge in [0.15, 0.2) is 0 Å². The zero-order chi connectivity index (χ0) is 9.78. The highest BCUT2D eigenvalue weighted by atomic mass is 79.9. The zero-order valence-corrected chi connectivity index (χ0v) is 8.98. The Morgan fingerprint density at radius 3 is 2.50 bits per heavy atom. The Kier molecular flexibility index (Phi) is 4.73. The Morgan fingerprint density at radius 1 is 1.67 bits per heavy atom. The second-order valence-corrected chi connectivity index (χ2v) is 5.38. The smallest absolute Gasteiger partial charge is 0.233 e. The van der Waals surface area contributed by atoms with Crippen LogP contribution in [0.1, 0.15) is 6.92 Å². The van der Waals surface area contributed by atoms with Gasteiger partial charge in [0.1, 0.15) is 0 Å². The average Bonchev–Trinajstić information content (AvgIpc) is 1.84. The molecule has 0 aromatic rings. The number of nitrogens with two attached hydrogens (primary N) is 1. The molecule has 0 aromatic heterocycles. The lowest BCUT2D eigenvalue weighted by molar-refractivity contribution is -0.120. The van der Waals surface area contributed by atoms with Crippen molar-refractivity contribution >= 4 is 31.9 Å². The number of halogens is 1. The SMILES string of the molecule is CC(Br)C(=O)NCCS(N)(=O)=O. The maximum absolute atomic E-state index is 10.8. The van der Waals surface area contributed by atoms with E-state index < -0.39 is 10.0 Å². The topological polar surface area (TPSA) is 89.3 Å². The summed E-state index contributed by atoms with van der Waals surface area (Å²) in [6, 6.07) is 0. The molecule has 0 heterocycles. The maximum atomic E-state index is 10.8. The standard InChI is InChI=1S/C5H11BrN2O3S/c1-4(6)5(9)8-2-3-12(7,10)11/h4H,2-3H2,1H3,(H,8,9)(H2,7,10,11). The first-order valence-corrected chi connectivity index (χ1v) is 5.88. The first-order valence-electron chi connectivity index (χ1n) is 3.25. The summed E-state index contributed by atoms with van der Waals surface area (Å²) in [5.74, 6) is -0.489. The number of carbonyl (C=O) groups excluding carboxylic acids is 1. The molecule has 72 valence electrons. The normalized spacial score (nSPS) is 13.9. The molecule has 0 aliphatic heterocycles. The molecule has 0 fully saturated rings. The highest BCUT2D eigenvalue weighted by molar-refractivity contribution is 9.10. The van der Waals surface area contributed by atoms with Gasteiger partial charge in [-0.15, -0.1) is 0 Å². The van der Waals surface area contributed by atoms with Crippen molar-refractivity contribution in [2.75, 3.05) is 12.3 Å². The lowest BCUT2D eigenvalue weighted by Crippen LogP contribution is -2.34. The van der Waals surface area contributed by atoms with Gasteiger partial charge in [0.05, 0.1) is 10.6 Å². The largest absolute Gasteiger partial charge is 0.354 e. The number of rotatable bonds is 4. The van der Waals surface area contributed by atoms with E-state index in [-0.39, 0.29) is 23.0 Å². The summed E-state index contributed by atoms with van der Waals surface area (Å²) in [4.78, 5) is 10.5. The van der Waals surface area contributed by atoms with Crippen LogP contribution in [-0.2, 0) is 14.8 Å².